The van der Waals surface area contributed by atoms with E-state index in [0.717, 1.165) is 55.3 Å². The van der Waals surface area contributed by atoms with E-state index < -0.39 is 0 Å². The number of fused-ring (bicyclic) bond motifs is 6. The molecule has 0 bridgehead atoms. The summed E-state index contributed by atoms with van der Waals surface area (Å²) < 4.78 is 6.21. The van der Waals surface area contributed by atoms with Gasteiger partial charge in [0, 0.05) is 21.7 Å². The first-order valence-electron chi connectivity index (χ1n) is 9.36. The van der Waals surface area contributed by atoms with E-state index in [4.69, 9.17) is 14.4 Å². The summed E-state index contributed by atoms with van der Waals surface area (Å²) in [5.74, 6) is 0. The zero-order valence-corrected chi connectivity index (χ0v) is 15.3. The van der Waals surface area contributed by atoms with Gasteiger partial charge in [0.2, 0.25) is 0 Å². The van der Waals surface area contributed by atoms with Crippen LogP contribution in [-0.4, -0.2) is 9.97 Å². The highest BCUT2D eigenvalue weighted by Gasteiger charge is 2.16. The van der Waals surface area contributed by atoms with E-state index in [1.807, 2.05) is 43.3 Å². The molecule has 3 nitrogen and oxygen atoms in total. The summed E-state index contributed by atoms with van der Waals surface area (Å²) >= 11 is 0. The number of rotatable bonds is 1. The Morgan fingerprint density at radius 1 is 0.679 bits per heavy atom. The van der Waals surface area contributed by atoms with E-state index in [1.54, 1.807) is 0 Å². The molecule has 2 heterocycles. The minimum absolute atomic E-state index is 0.862. The first-order valence-corrected chi connectivity index (χ1v) is 9.36. The fraction of sp³-hybridized carbons (Fsp3) is 0.0400. The Bertz CT molecular complexity index is 1530. The fourth-order valence-electron chi connectivity index (χ4n) is 4.06. The number of hydrogen-bond acceptors (Lipinski definition) is 3. The Balaban J connectivity index is 1.68. The predicted molar refractivity (Wildman–Crippen MR) is 114 cm³/mol. The third-order valence-electron chi connectivity index (χ3n) is 5.39. The van der Waals surface area contributed by atoms with Crippen molar-refractivity contribution < 1.29 is 4.42 Å². The molecule has 6 rings (SSSR count). The second-order valence-corrected chi connectivity index (χ2v) is 7.09. The van der Waals surface area contributed by atoms with E-state index >= 15 is 0 Å². The molecule has 0 aliphatic carbocycles. The minimum Gasteiger partial charge on any atom is -0.455 e. The molecule has 0 unspecified atom stereocenters. The Morgan fingerprint density at radius 3 is 2.39 bits per heavy atom. The lowest BCUT2D eigenvalue weighted by Gasteiger charge is -2.09. The molecule has 0 radical (unpaired) electrons. The largest absolute Gasteiger partial charge is 0.455 e. The van der Waals surface area contributed by atoms with Crippen LogP contribution in [0.4, 0.5) is 0 Å². The first kappa shape index (κ1) is 15.3. The average Bonchev–Trinajstić information content (AvgIpc) is 3.12. The summed E-state index contributed by atoms with van der Waals surface area (Å²) in [6.07, 6.45) is 0. The van der Waals surface area contributed by atoms with Crippen LogP contribution >= 0.6 is 0 Å². The van der Waals surface area contributed by atoms with Crippen molar-refractivity contribution in [2.45, 2.75) is 6.92 Å². The minimum atomic E-state index is 0.862. The van der Waals surface area contributed by atoms with Gasteiger partial charge in [-0.3, -0.25) is 0 Å². The average molecular weight is 360 g/mol. The molecule has 0 aliphatic rings. The Morgan fingerprint density at radius 2 is 1.46 bits per heavy atom. The molecule has 0 aliphatic heterocycles. The molecule has 0 fully saturated rings. The lowest BCUT2D eigenvalue weighted by atomic mass is 10.0. The maximum absolute atomic E-state index is 6.21. The van der Waals surface area contributed by atoms with Crippen LogP contribution in [0.5, 0.6) is 0 Å². The third kappa shape index (κ3) is 2.10. The van der Waals surface area contributed by atoms with Gasteiger partial charge < -0.3 is 4.42 Å². The van der Waals surface area contributed by atoms with Gasteiger partial charge in [0.05, 0.1) is 22.4 Å². The van der Waals surface area contributed by atoms with Crippen LogP contribution in [0, 0.1) is 6.92 Å². The summed E-state index contributed by atoms with van der Waals surface area (Å²) in [5, 5.41) is 4.53. The van der Waals surface area contributed by atoms with Crippen molar-refractivity contribution in [1.29, 1.82) is 0 Å². The second-order valence-electron chi connectivity index (χ2n) is 7.09. The van der Waals surface area contributed by atoms with E-state index in [0.29, 0.717) is 0 Å². The first-order chi connectivity index (χ1) is 13.8. The topological polar surface area (TPSA) is 38.9 Å². The van der Waals surface area contributed by atoms with E-state index in [1.165, 1.54) is 5.39 Å². The van der Waals surface area contributed by atoms with Gasteiger partial charge in [-0.05, 0) is 30.5 Å². The van der Waals surface area contributed by atoms with Crippen molar-refractivity contribution in [2.75, 3.05) is 0 Å². The van der Waals surface area contributed by atoms with Crippen LogP contribution in [0.1, 0.15) is 5.69 Å². The van der Waals surface area contributed by atoms with E-state index in [9.17, 15) is 0 Å². The van der Waals surface area contributed by atoms with Crippen LogP contribution in [0.3, 0.4) is 0 Å². The monoisotopic (exact) mass is 360 g/mol. The highest BCUT2D eigenvalue weighted by molar-refractivity contribution is 6.10. The highest BCUT2D eigenvalue weighted by Crippen LogP contribution is 2.36. The Labute approximate surface area is 161 Å². The fourth-order valence-corrected chi connectivity index (χ4v) is 4.06. The number of aromatic nitrogens is 2. The van der Waals surface area contributed by atoms with Gasteiger partial charge in [-0.15, -0.1) is 0 Å². The van der Waals surface area contributed by atoms with Crippen LogP contribution in [-0.2, 0) is 0 Å². The molecule has 0 amide bonds. The number of benzene rings is 4. The van der Waals surface area contributed by atoms with Gasteiger partial charge in [0.15, 0.2) is 0 Å². The van der Waals surface area contributed by atoms with E-state index in [-0.39, 0.29) is 0 Å². The third-order valence-corrected chi connectivity index (χ3v) is 5.39. The van der Waals surface area contributed by atoms with Crippen molar-refractivity contribution in [1.82, 2.24) is 9.97 Å². The summed E-state index contributed by atoms with van der Waals surface area (Å²) in [7, 11) is 0. The molecule has 28 heavy (non-hydrogen) atoms. The molecular weight excluding hydrogens is 344 g/mol. The Hall–Kier alpha value is -3.72. The van der Waals surface area contributed by atoms with Gasteiger partial charge in [0.1, 0.15) is 11.2 Å². The van der Waals surface area contributed by atoms with Crippen LogP contribution in [0.15, 0.2) is 83.3 Å². The van der Waals surface area contributed by atoms with Gasteiger partial charge in [-0.1, -0.05) is 60.7 Å². The molecule has 0 N–H and O–H groups in total. The summed E-state index contributed by atoms with van der Waals surface area (Å²) in [6.45, 7) is 2.02. The summed E-state index contributed by atoms with van der Waals surface area (Å²) in [5.41, 5.74) is 6.34. The number of para-hydroxylation sites is 2. The Kier molecular flexibility index (Phi) is 3.09. The normalized spacial score (nSPS) is 11.8. The molecule has 0 atom stereocenters. The van der Waals surface area contributed by atoms with Crippen molar-refractivity contribution >= 4 is 43.7 Å². The van der Waals surface area contributed by atoms with E-state index in [2.05, 4.69) is 42.5 Å². The van der Waals surface area contributed by atoms with Gasteiger partial charge in [-0.25, -0.2) is 9.97 Å². The number of furan rings is 1. The highest BCUT2D eigenvalue weighted by atomic mass is 16.3. The molecule has 3 heteroatoms. The lowest BCUT2D eigenvalue weighted by Crippen LogP contribution is -1.95. The van der Waals surface area contributed by atoms with Crippen molar-refractivity contribution in [3.63, 3.8) is 0 Å². The molecule has 4 aromatic carbocycles. The van der Waals surface area contributed by atoms with Crippen molar-refractivity contribution in [2.24, 2.45) is 0 Å². The SMILES string of the molecule is Cc1nc2c(ccc3ccccc32)nc1-c1cccc2c1oc1ccccc12. The molecule has 132 valence electrons. The van der Waals surface area contributed by atoms with Crippen molar-refractivity contribution in [3.05, 3.63) is 84.6 Å². The lowest BCUT2D eigenvalue weighted by molar-refractivity contribution is 0.669. The molecule has 0 saturated carbocycles. The number of hydrogen-bond donors (Lipinski definition) is 0. The standard InChI is InChI=1S/C25H16N2O/c1-15-23(27-21-14-13-16-7-2-3-8-17(16)24(21)26-15)20-11-6-10-19-18-9-4-5-12-22(18)28-25(19)20/h2-14H,1H3. The van der Waals surface area contributed by atoms with Crippen LogP contribution in [0.2, 0.25) is 0 Å². The maximum atomic E-state index is 6.21. The number of nitrogens with zero attached hydrogens (tertiary/aromatic N) is 2. The molecular formula is C25H16N2O. The molecule has 0 saturated heterocycles. The van der Waals surface area contributed by atoms with Crippen molar-refractivity contribution in [3.8, 4) is 11.3 Å². The summed E-state index contributed by atoms with van der Waals surface area (Å²) in [4.78, 5) is 9.93. The van der Waals surface area contributed by atoms with Crippen LogP contribution < -0.4 is 0 Å². The van der Waals surface area contributed by atoms with Gasteiger partial charge >= 0.3 is 0 Å². The maximum Gasteiger partial charge on any atom is 0.144 e. The van der Waals surface area contributed by atoms with Crippen LogP contribution in [0.25, 0.3) is 55.0 Å². The molecule has 6 aromatic rings. The number of aryl methyl sites for hydroxylation is 1. The second kappa shape index (κ2) is 5.64. The van der Waals surface area contributed by atoms with Gasteiger partial charge in [0.25, 0.3) is 0 Å². The molecule has 2 aromatic heterocycles. The predicted octanol–water partition coefficient (Wildman–Crippen LogP) is 6.66. The quantitative estimate of drug-likeness (QED) is 0.308. The van der Waals surface area contributed by atoms with Gasteiger partial charge in [-0.2, -0.15) is 0 Å². The zero-order chi connectivity index (χ0) is 18.7. The summed E-state index contributed by atoms with van der Waals surface area (Å²) in [6, 6.07) is 26.8. The molecule has 0 spiro atoms. The zero-order valence-electron chi connectivity index (χ0n) is 15.3. The smallest absolute Gasteiger partial charge is 0.144 e.